The Morgan fingerprint density at radius 3 is 1.93 bits per heavy atom. The Morgan fingerprint density at radius 2 is 1.47 bits per heavy atom. The quantitative estimate of drug-likeness (QED) is 0.526. The monoisotopic (exact) mass is 288 g/mol. The van der Waals surface area contributed by atoms with E-state index in [1.54, 1.807) is 6.92 Å². The minimum Gasteiger partial charge on any atom is -0.240 e. The first-order chi connectivity index (χ1) is 6.68. The maximum Gasteiger partial charge on any atom is 0.424 e. The Kier molecular flexibility index (Phi) is 3.82. The van der Waals surface area contributed by atoms with Crippen molar-refractivity contribution in [2.45, 2.75) is 13.3 Å². The van der Waals surface area contributed by atoms with E-state index in [1.807, 2.05) is 9.60 Å². The van der Waals surface area contributed by atoms with Gasteiger partial charge in [0.05, 0.1) is 0 Å². The molecule has 0 spiro atoms. The average molecular weight is 288 g/mol. The second kappa shape index (κ2) is 4.28. The molecule has 1 aliphatic rings. The van der Waals surface area contributed by atoms with E-state index in [0.29, 0.717) is 6.42 Å². The lowest BCUT2D eigenvalue weighted by molar-refractivity contribution is 0.691. The zero-order valence-corrected chi connectivity index (χ0v) is 10.2. The highest BCUT2D eigenvalue weighted by Crippen LogP contribution is 2.80. The summed E-state index contributed by atoms with van der Waals surface area (Å²) >= 11 is 0. The highest BCUT2D eigenvalue weighted by Gasteiger charge is 2.38. The molecule has 90 valence electrons. The van der Waals surface area contributed by atoms with Crippen LogP contribution in [0.15, 0.2) is 13.5 Å². The normalized spacial score (nSPS) is 32.4. The largest absolute Gasteiger partial charge is 0.424 e. The molecule has 0 saturated heterocycles. The first-order valence-corrected chi connectivity index (χ1v) is 8.37. The van der Waals surface area contributed by atoms with Crippen molar-refractivity contribution in [1.82, 2.24) is 5.09 Å². The second-order valence-electron chi connectivity index (χ2n) is 2.61. The predicted molar refractivity (Wildman–Crippen MR) is 51.9 cm³/mol. The van der Waals surface area contributed by atoms with Crippen LogP contribution in [0, 0.1) is 0 Å². The molecule has 12 heteroatoms. The molecule has 0 aliphatic carbocycles. The number of nitrogens with zero attached hydrogens (tertiary/aromatic N) is 3. The molecule has 1 aliphatic heterocycles. The minimum absolute atomic E-state index is 0.0305. The van der Waals surface area contributed by atoms with Gasteiger partial charge in [-0.05, 0) is 6.42 Å². The zero-order valence-electron chi connectivity index (χ0n) is 7.49. The van der Waals surface area contributed by atoms with E-state index in [9.17, 15) is 21.0 Å². The van der Waals surface area contributed by atoms with Gasteiger partial charge in [-0.2, -0.15) is 4.20 Å². The Hall–Kier alpha value is 0.300. The van der Waals surface area contributed by atoms with E-state index in [0.717, 1.165) is 0 Å². The number of hydrogen-bond acceptors (Lipinski definition) is 4. The van der Waals surface area contributed by atoms with E-state index >= 15 is 0 Å². The van der Waals surface area contributed by atoms with Crippen molar-refractivity contribution in [2.24, 2.45) is 13.5 Å². The molecule has 0 aromatic carbocycles. The molecule has 1 unspecified atom stereocenters. The molecule has 0 aromatic rings. The van der Waals surface area contributed by atoms with Crippen molar-refractivity contribution in [3.05, 3.63) is 0 Å². The van der Waals surface area contributed by atoms with Crippen LogP contribution in [0.4, 0.5) is 21.0 Å². The summed E-state index contributed by atoms with van der Waals surface area (Å²) < 4.78 is 70.7. The fraction of sp³-hybridized carbons (Fsp3) is 1.00. The minimum atomic E-state index is -5.55. The third-order valence-electron chi connectivity index (χ3n) is 1.23. The van der Waals surface area contributed by atoms with Crippen LogP contribution in [0.3, 0.4) is 0 Å². The highest BCUT2D eigenvalue weighted by molar-refractivity contribution is 7.78. The van der Waals surface area contributed by atoms with E-state index < -0.39 is 23.3 Å². The lowest BCUT2D eigenvalue weighted by Crippen LogP contribution is -2.07. The first kappa shape index (κ1) is 13.4. The van der Waals surface area contributed by atoms with Gasteiger partial charge in [0.1, 0.15) is 0 Å². The Morgan fingerprint density at radius 1 is 0.933 bits per heavy atom. The van der Waals surface area contributed by atoms with Gasteiger partial charge >= 0.3 is 23.3 Å². The molecule has 1 heterocycles. The van der Waals surface area contributed by atoms with Crippen LogP contribution in [-0.4, -0.2) is 6.54 Å². The summed E-state index contributed by atoms with van der Waals surface area (Å²) in [5.41, 5.74) is 0. The van der Waals surface area contributed by atoms with E-state index in [4.69, 9.17) is 0 Å². The van der Waals surface area contributed by atoms with Crippen LogP contribution < -0.4 is 5.09 Å². The first-order valence-electron chi connectivity index (χ1n) is 3.83. The Balaban J connectivity index is 3.18. The summed E-state index contributed by atoms with van der Waals surface area (Å²) in [7, 11) is -15.7. The summed E-state index contributed by atoms with van der Waals surface area (Å²) in [5.74, 6) is 0. The summed E-state index contributed by atoms with van der Waals surface area (Å²) in [4.78, 5) is 0. The van der Waals surface area contributed by atoms with Crippen LogP contribution in [0.1, 0.15) is 13.3 Å². The van der Waals surface area contributed by atoms with Gasteiger partial charge in [0.15, 0.2) is 0 Å². The summed E-state index contributed by atoms with van der Waals surface area (Å²) in [6.45, 7) is 1.60. The molecule has 0 saturated carbocycles. The van der Waals surface area contributed by atoms with Crippen LogP contribution in [0.25, 0.3) is 0 Å². The van der Waals surface area contributed by atoms with Crippen LogP contribution in [0.2, 0.25) is 0 Å². The highest BCUT2D eigenvalue weighted by atomic mass is 31.3. The fourth-order valence-electron chi connectivity index (χ4n) is 0.786. The smallest absolute Gasteiger partial charge is 0.240 e. The van der Waals surface area contributed by atoms with Gasteiger partial charge in [0, 0.05) is 6.54 Å². The summed E-state index contributed by atoms with van der Waals surface area (Å²) in [6, 6.07) is 0. The predicted octanol–water partition coefficient (Wildman–Crippen LogP) is 5.69. The van der Waals surface area contributed by atoms with Gasteiger partial charge in [-0.15, -0.1) is 30.3 Å². The van der Waals surface area contributed by atoms with Gasteiger partial charge in [-0.25, -0.2) is 5.09 Å². The van der Waals surface area contributed by atoms with Crippen LogP contribution in [-0.2, 0) is 0 Å². The van der Waals surface area contributed by atoms with Crippen molar-refractivity contribution in [3.8, 4) is 0 Å². The van der Waals surface area contributed by atoms with Gasteiger partial charge in [-0.3, -0.25) is 0 Å². The summed E-state index contributed by atoms with van der Waals surface area (Å²) in [6.07, 6.45) is 0.405. The number of halogens is 5. The zero-order chi connectivity index (χ0) is 11.7. The number of nitrogens with one attached hydrogen (secondary N) is 1. The third kappa shape index (κ3) is 3.99. The molecule has 0 fully saturated rings. The van der Waals surface area contributed by atoms with Crippen LogP contribution in [0.5, 0.6) is 0 Å². The molecule has 0 radical (unpaired) electrons. The molecular formula is C3H8F5N4P3. The molecule has 1 atom stereocenters. The molecule has 4 nitrogen and oxygen atoms in total. The maximum atomic E-state index is 13.5. The SMILES string of the molecule is CCCNP1(F)=NP(F)(F)=NP(F)(F)=N1. The van der Waals surface area contributed by atoms with Crippen molar-refractivity contribution in [3.63, 3.8) is 0 Å². The standard InChI is InChI=1S/C3H8F5N4P3/c1-2-3-9-15(8)11-13(4,5)10-14(6,7)12-15/h9H,2-3H2,1H3. The molecule has 15 heavy (non-hydrogen) atoms. The van der Waals surface area contributed by atoms with Gasteiger partial charge in [0.25, 0.3) is 0 Å². The number of rotatable bonds is 3. The van der Waals surface area contributed by atoms with Crippen molar-refractivity contribution >= 4 is 23.3 Å². The Labute approximate surface area is 83.6 Å². The molecule has 1 N–H and O–H groups in total. The number of hydrogen-bond donors (Lipinski definition) is 1. The van der Waals surface area contributed by atoms with Gasteiger partial charge in [-0.1, -0.05) is 6.92 Å². The average Bonchev–Trinajstić information content (AvgIpc) is 1.93. The maximum absolute atomic E-state index is 13.5. The van der Waals surface area contributed by atoms with Crippen molar-refractivity contribution in [2.75, 3.05) is 6.54 Å². The third-order valence-corrected chi connectivity index (χ3v) is 7.20. The molecule has 0 aromatic heterocycles. The summed E-state index contributed by atoms with van der Waals surface area (Å²) in [5, 5.41) is 1.91. The van der Waals surface area contributed by atoms with E-state index in [1.165, 1.54) is 0 Å². The van der Waals surface area contributed by atoms with Crippen molar-refractivity contribution in [1.29, 1.82) is 0 Å². The van der Waals surface area contributed by atoms with Gasteiger partial charge in [0.2, 0.25) is 0 Å². The van der Waals surface area contributed by atoms with Crippen LogP contribution >= 0.6 is 23.3 Å². The van der Waals surface area contributed by atoms with E-state index in [-0.39, 0.29) is 6.54 Å². The lowest BCUT2D eigenvalue weighted by Gasteiger charge is -2.16. The molecule has 0 bridgehead atoms. The molecule has 1 rings (SSSR count). The molecular weight excluding hydrogens is 280 g/mol. The lowest BCUT2D eigenvalue weighted by atomic mass is 10.5. The molecule has 0 amide bonds. The topological polar surface area (TPSA) is 49.1 Å². The Bertz CT molecular complexity index is 398. The van der Waals surface area contributed by atoms with E-state index in [2.05, 4.69) is 9.03 Å². The fourth-order valence-corrected chi connectivity index (χ4v) is 6.51. The van der Waals surface area contributed by atoms with Gasteiger partial charge < -0.3 is 0 Å². The second-order valence-corrected chi connectivity index (χ2v) is 7.95. The van der Waals surface area contributed by atoms with Crippen molar-refractivity contribution < 1.29 is 21.0 Å².